The second kappa shape index (κ2) is 5.43. The lowest BCUT2D eigenvalue weighted by Crippen LogP contribution is -2.45. The highest BCUT2D eigenvalue weighted by molar-refractivity contribution is 9.10. The van der Waals surface area contributed by atoms with Gasteiger partial charge in [0, 0.05) is 15.4 Å². The third kappa shape index (κ3) is 3.22. The third-order valence-electron chi connectivity index (χ3n) is 3.71. The van der Waals surface area contributed by atoms with E-state index >= 15 is 0 Å². The van der Waals surface area contributed by atoms with Crippen molar-refractivity contribution in [1.82, 2.24) is 0 Å². The number of nitrogens with two attached hydrogens (primary N) is 1. The largest absolute Gasteiger partial charge is 0.327 e. The minimum Gasteiger partial charge on any atom is -0.327 e. The van der Waals surface area contributed by atoms with Crippen molar-refractivity contribution in [3.05, 3.63) is 28.7 Å². The molecule has 0 aliphatic heterocycles. The Hall–Kier alpha value is -0.190. The summed E-state index contributed by atoms with van der Waals surface area (Å²) in [6.45, 7) is 4.48. The van der Waals surface area contributed by atoms with E-state index in [-0.39, 0.29) is 16.7 Å². The van der Waals surface area contributed by atoms with Gasteiger partial charge >= 0.3 is 0 Å². The second-order valence-electron chi connectivity index (χ2n) is 5.86. The fourth-order valence-corrected chi connectivity index (χ4v) is 4.59. The maximum atomic E-state index is 12.6. The SMILES string of the molecule is CC1(C)CCC(N)C(S(=O)c2ccc(Br)cc2)C1. The lowest BCUT2D eigenvalue weighted by molar-refractivity contribution is 0.230. The van der Waals surface area contributed by atoms with Gasteiger partial charge in [-0.1, -0.05) is 29.8 Å². The van der Waals surface area contributed by atoms with Crippen molar-refractivity contribution in [2.45, 2.75) is 49.3 Å². The van der Waals surface area contributed by atoms with Crippen LogP contribution in [0.1, 0.15) is 33.1 Å². The van der Waals surface area contributed by atoms with Crippen molar-refractivity contribution in [2.24, 2.45) is 11.1 Å². The molecule has 3 atom stereocenters. The van der Waals surface area contributed by atoms with Crippen molar-refractivity contribution < 1.29 is 4.21 Å². The monoisotopic (exact) mass is 329 g/mol. The minimum atomic E-state index is -1.00. The number of hydrogen-bond donors (Lipinski definition) is 1. The quantitative estimate of drug-likeness (QED) is 0.902. The first kappa shape index (κ1) is 14.2. The average Bonchev–Trinajstić information content (AvgIpc) is 2.32. The molecule has 0 saturated heterocycles. The highest BCUT2D eigenvalue weighted by atomic mass is 79.9. The summed E-state index contributed by atoms with van der Waals surface area (Å²) in [5.41, 5.74) is 6.42. The summed E-state index contributed by atoms with van der Waals surface area (Å²) in [6.07, 6.45) is 3.04. The summed E-state index contributed by atoms with van der Waals surface area (Å²) in [6, 6.07) is 7.78. The molecule has 0 amide bonds. The molecule has 18 heavy (non-hydrogen) atoms. The van der Waals surface area contributed by atoms with E-state index in [1.165, 1.54) is 0 Å². The van der Waals surface area contributed by atoms with Crippen molar-refractivity contribution in [3.63, 3.8) is 0 Å². The first-order valence-electron chi connectivity index (χ1n) is 6.31. The van der Waals surface area contributed by atoms with E-state index < -0.39 is 10.8 Å². The predicted molar refractivity (Wildman–Crippen MR) is 79.9 cm³/mol. The van der Waals surface area contributed by atoms with E-state index in [2.05, 4.69) is 29.8 Å². The topological polar surface area (TPSA) is 43.1 Å². The van der Waals surface area contributed by atoms with E-state index in [4.69, 9.17) is 5.73 Å². The van der Waals surface area contributed by atoms with Crippen LogP contribution in [0.15, 0.2) is 33.6 Å². The molecule has 0 heterocycles. The summed E-state index contributed by atoms with van der Waals surface area (Å²) >= 11 is 3.40. The molecule has 3 unspecified atom stereocenters. The zero-order valence-corrected chi connectivity index (χ0v) is 13.3. The van der Waals surface area contributed by atoms with Gasteiger partial charge in [-0.3, -0.25) is 4.21 Å². The third-order valence-corrected chi connectivity index (χ3v) is 6.04. The molecule has 1 saturated carbocycles. The van der Waals surface area contributed by atoms with Crippen molar-refractivity contribution in [1.29, 1.82) is 0 Å². The van der Waals surface area contributed by atoms with Crippen molar-refractivity contribution in [3.8, 4) is 0 Å². The van der Waals surface area contributed by atoms with Crippen LogP contribution < -0.4 is 5.73 Å². The lowest BCUT2D eigenvalue weighted by Gasteiger charge is -2.38. The van der Waals surface area contributed by atoms with Gasteiger partial charge in [-0.05, 0) is 48.9 Å². The van der Waals surface area contributed by atoms with Gasteiger partial charge in [0.25, 0.3) is 0 Å². The molecule has 0 spiro atoms. The molecule has 4 heteroatoms. The molecule has 1 aliphatic rings. The highest BCUT2D eigenvalue weighted by Gasteiger charge is 2.36. The number of benzene rings is 1. The first-order chi connectivity index (χ1) is 8.39. The van der Waals surface area contributed by atoms with Crippen LogP contribution >= 0.6 is 15.9 Å². The molecule has 1 aromatic rings. The zero-order chi connectivity index (χ0) is 13.3. The van der Waals surface area contributed by atoms with E-state index in [1.807, 2.05) is 24.3 Å². The average molecular weight is 330 g/mol. The summed E-state index contributed by atoms with van der Waals surface area (Å²) < 4.78 is 13.6. The Kier molecular flexibility index (Phi) is 4.29. The van der Waals surface area contributed by atoms with E-state index in [0.29, 0.717) is 0 Å². The molecular formula is C14H20BrNOS. The van der Waals surface area contributed by atoms with Crippen LogP contribution in [0.2, 0.25) is 0 Å². The Labute approximate surface area is 120 Å². The van der Waals surface area contributed by atoms with Crippen molar-refractivity contribution >= 4 is 26.7 Å². The maximum absolute atomic E-state index is 12.6. The molecule has 1 aliphatic carbocycles. The molecule has 1 aromatic carbocycles. The number of rotatable bonds is 2. The molecule has 2 nitrogen and oxygen atoms in total. The predicted octanol–water partition coefficient (Wildman–Crippen LogP) is 3.46. The van der Waals surface area contributed by atoms with Crippen molar-refractivity contribution in [2.75, 3.05) is 0 Å². The van der Waals surface area contributed by atoms with Crippen LogP contribution in [0.5, 0.6) is 0 Å². The van der Waals surface area contributed by atoms with Crippen LogP contribution in [-0.4, -0.2) is 15.5 Å². The Balaban J connectivity index is 2.19. The fraction of sp³-hybridized carbons (Fsp3) is 0.571. The van der Waals surface area contributed by atoms with Crippen LogP contribution in [0.4, 0.5) is 0 Å². The van der Waals surface area contributed by atoms with E-state index in [1.54, 1.807) is 0 Å². The Morgan fingerprint density at radius 3 is 2.56 bits per heavy atom. The summed E-state index contributed by atoms with van der Waals surface area (Å²) in [4.78, 5) is 0.886. The van der Waals surface area contributed by atoms with Gasteiger partial charge < -0.3 is 5.73 Å². The van der Waals surface area contributed by atoms with Gasteiger partial charge in [-0.15, -0.1) is 0 Å². The molecule has 0 aromatic heterocycles. The normalized spacial score (nSPS) is 28.9. The van der Waals surface area contributed by atoms with Gasteiger partial charge in [0.05, 0.1) is 16.0 Å². The van der Waals surface area contributed by atoms with Gasteiger partial charge in [-0.2, -0.15) is 0 Å². The van der Waals surface area contributed by atoms with Crippen LogP contribution in [-0.2, 0) is 10.8 Å². The summed E-state index contributed by atoms with van der Waals surface area (Å²) in [5, 5.41) is 0.0786. The minimum absolute atomic E-state index is 0.0579. The smallest absolute Gasteiger partial charge is 0.0576 e. The van der Waals surface area contributed by atoms with Gasteiger partial charge in [0.15, 0.2) is 0 Å². The molecular weight excluding hydrogens is 310 g/mol. The molecule has 0 bridgehead atoms. The Morgan fingerprint density at radius 2 is 1.94 bits per heavy atom. The molecule has 1 fully saturated rings. The van der Waals surface area contributed by atoms with Crippen LogP contribution in [0, 0.1) is 5.41 Å². The first-order valence-corrected chi connectivity index (χ1v) is 8.31. The van der Waals surface area contributed by atoms with E-state index in [0.717, 1.165) is 28.6 Å². The zero-order valence-electron chi connectivity index (χ0n) is 10.9. The van der Waals surface area contributed by atoms with Crippen LogP contribution in [0.25, 0.3) is 0 Å². The Bertz CT molecular complexity index is 444. The van der Waals surface area contributed by atoms with Gasteiger partial charge in [-0.25, -0.2) is 0 Å². The lowest BCUT2D eigenvalue weighted by atomic mass is 9.75. The Morgan fingerprint density at radius 1 is 1.33 bits per heavy atom. The fourth-order valence-electron chi connectivity index (χ4n) is 2.52. The number of halogens is 1. The summed E-state index contributed by atoms with van der Waals surface area (Å²) in [7, 11) is -1.00. The van der Waals surface area contributed by atoms with Gasteiger partial charge in [0.2, 0.25) is 0 Å². The van der Waals surface area contributed by atoms with Crippen LogP contribution in [0.3, 0.4) is 0 Å². The van der Waals surface area contributed by atoms with E-state index in [9.17, 15) is 4.21 Å². The maximum Gasteiger partial charge on any atom is 0.0576 e. The summed E-state index contributed by atoms with van der Waals surface area (Å²) in [5.74, 6) is 0. The highest BCUT2D eigenvalue weighted by Crippen LogP contribution is 2.38. The standard InChI is InChI=1S/C14H20BrNOS/c1-14(2)8-7-12(16)13(9-14)18(17)11-5-3-10(15)4-6-11/h3-6,12-13H,7-9,16H2,1-2H3. The second-order valence-corrected chi connectivity index (χ2v) is 8.45. The molecule has 100 valence electrons. The molecule has 0 radical (unpaired) electrons. The number of hydrogen-bond acceptors (Lipinski definition) is 2. The van der Waals surface area contributed by atoms with Gasteiger partial charge in [0.1, 0.15) is 0 Å². The molecule has 2 N–H and O–H groups in total. The molecule has 2 rings (SSSR count).